The Morgan fingerprint density at radius 1 is 0.882 bits per heavy atom. The number of carbonyl (C=O) groups excluding carboxylic acids is 1. The molecule has 2 atom stereocenters. The molecule has 3 aromatic carbocycles. The van der Waals surface area contributed by atoms with Gasteiger partial charge in [-0.1, -0.05) is 59.8 Å². The van der Waals surface area contributed by atoms with E-state index in [9.17, 15) is 24.6 Å². The Morgan fingerprint density at radius 2 is 1.53 bits per heavy atom. The highest BCUT2D eigenvalue weighted by molar-refractivity contribution is 5.86. The normalized spacial score (nSPS) is 12.7. The lowest BCUT2D eigenvalue weighted by Gasteiger charge is -2.21. The van der Waals surface area contributed by atoms with E-state index in [4.69, 9.17) is 0 Å². The zero-order valence-corrected chi connectivity index (χ0v) is 18.0. The van der Waals surface area contributed by atoms with Gasteiger partial charge in [-0.3, -0.25) is 9.59 Å². The molecule has 0 unspecified atom stereocenters. The molecule has 34 heavy (non-hydrogen) atoms. The summed E-state index contributed by atoms with van der Waals surface area (Å²) < 4.78 is 1.00. The number of aromatic hydroxyl groups is 1. The Kier molecular flexibility index (Phi) is 6.63. The van der Waals surface area contributed by atoms with Crippen LogP contribution in [0, 0.1) is 0 Å². The second kappa shape index (κ2) is 9.95. The van der Waals surface area contributed by atoms with E-state index in [1.165, 1.54) is 12.1 Å². The third-order valence-corrected chi connectivity index (χ3v) is 5.45. The van der Waals surface area contributed by atoms with Gasteiger partial charge in [-0.2, -0.15) is 4.68 Å². The highest BCUT2D eigenvalue weighted by Crippen LogP contribution is 2.16. The molecule has 0 fully saturated rings. The van der Waals surface area contributed by atoms with Gasteiger partial charge < -0.3 is 15.5 Å². The van der Waals surface area contributed by atoms with E-state index in [0.717, 1.165) is 10.2 Å². The summed E-state index contributed by atoms with van der Waals surface area (Å²) in [5.74, 6) is -1.84. The van der Waals surface area contributed by atoms with E-state index in [0.29, 0.717) is 16.5 Å². The van der Waals surface area contributed by atoms with Gasteiger partial charge in [0.25, 0.3) is 5.56 Å². The van der Waals surface area contributed by atoms with Gasteiger partial charge in [-0.15, -0.1) is 5.10 Å². The number of fused-ring (bicyclic) bond motifs is 1. The molecule has 0 bridgehead atoms. The Morgan fingerprint density at radius 3 is 2.24 bits per heavy atom. The van der Waals surface area contributed by atoms with E-state index >= 15 is 0 Å². The van der Waals surface area contributed by atoms with E-state index in [1.54, 1.807) is 36.4 Å². The maximum absolute atomic E-state index is 13.4. The van der Waals surface area contributed by atoms with Crippen LogP contribution in [0.15, 0.2) is 83.7 Å². The maximum Gasteiger partial charge on any atom is 0.326 e. The Hall–Kier alpha value is -4.53. The zero-order chi connectivity index (χ0) is 24.1. The van der Waals surface area contributed by atoms with Crippen LogP contribution in [0.4, 0.5) is 0 Å². The minimum absolute atomic E-state index is 0.00227. The number of carbonyl (C=O) groups is 2. The van der Waals surface area contributed by atoms with Gasteiger partial charge >= 0.3 is 5.97 Å². The molecule has 1 aromatic heterocycles. The number of nitrogens with one attached hydrogen (secondary N) is 1. The topological polar surface area (TPSA) is 134 Å². The molecule has 0 aliphatic heterocycles. The molecule has 0 spiro atoms. The van der Waals surface area contributed by atoms with Crippen LogP contribution in [-0.2, 0) is 22.4 Å². The summed E-state index contributed by atoms with van der Waals surface area (Å²) in [4.78, 5) is 38.4. The molecule has 0 aliphatic rings. The van der Waals surface area contributed by atoms with E-state index in [1.807, 2.05) is 30.3 Å². The summed E-state index contributed by atoms with van der Waals surface area (Å²) in [5.41, 5.74) is 1.30. The van der Waals surface area contributed by atoms with E-state index in [-0.39, 0.29) is 18.6 Å². The van der Waals surface area contributed by atoms with Gasteiger partial charge in [-0.25, -0.2) is 4.79 Å². The first-order valence-corrected chi connectivity index (χ1v) is 10.6. The van der Waals surface area contributed by atoms with Crippen LogP contribution in [-0.4, -0.2) is 43.1 Å². The summed E-state index contributed by atoms with van der Waals surface area (Å²) in [7, 11) is 0. The molecule has 4 aromatic rings. The maximum atomic E-state index is 13.4. The predicted molar refractivity (Wildman–Crippen MR) is 124 cm³/mol. The molecule has 0 saturated carbocycles. The van der Waals surface area contributed by atoms with Crippen molar-refractivity contribution in [1.29, 1.82) is 0 Å². The predicted octanol–water partition coefficient (Wildman–Crippen LogP) is 2.09. The van der Waals surface area contributed by atoms with Crippen molar-refractivity contribution in [3.63, 3.8) is 0 Å². The lowest BCUT2D eigenvalue weighted by molar-refractivity contribution is -0.142. The standard InChI is InChI=1S/C25H22N4O5/c30-18-12-10-17(11-13-18)14-21(25(33)34)26-23(31)22(15-16-6-2-1-3-7-16)29-24(32)19-8-4-5-9-20(19)27-28-29/h1-13,21-22,30H,14-15H2,(H,26,31)(H,33,34)/t21-,22-/m0/s1. The van der Waals surface area contributed by atoms with Crippen molar-refractivity contribution in [2.45, 2.75) is 24.9 Å². The number of hydrogen-bond donors (Lipinski definition) is 3. The van der Waals surface area contributed by atoms with Crippen LogP contribution in [0.1, 0.15) is 17.2 Å². The van der Waals surface area contributed by atoms with Crippen molar-refractivity contribution < 1.29 is 19.8 Å². The molecule has 0 aliphatic carbocycles. The van der Waals surface area contributed by atoms with Gasteiger partial charge in [0.2, 0.25) is 5.91 Å². The first-order valence-electron chi connectivity index (χ1n) is 10.6. The summed E-state index contributed by atoms with van der Waals surface area (Å²) >= 11 is 0. The molecule has 9 heteroatoms. The van der Waals surface area contributed by atoms with Crippen molar-refractivity contribution in [2.24, 2.45) is 0 Å². The van der Waals surface area contributed by atoms with Crippen molar-refractivity contribution in [2.75, 3.05) is 0 Å². The number of phenols is 1. The van der Waals surface area contributed by atoms with Crippen LogP contribution in [0.5, 0.6) is 5.75 Å². The summed E-state index contributed by atoms with van der Waals surface area (Å²) in [6, 6.07) is 19.4. The molecule has 9 nitrogen and oxygen atoms in total. The summed E-state index contributed by atoms with van der Waals surface area (Å²) in [6.45, 7) is 0. The first kappa shape index (κ1) is 22.7. The second-order valence-electron chi connectivity index (χ2n) is 7.83. The van der Waals surface area contributed by atoms with Gasteiger partial charge in [0.1, 0.15) is 23.3 Å². The van der Waals surface area contributed by atoms with Gasteiger partial charge in [-0.05, 0) is 35.4 Å². The number of nitrogens with zero attached hydrogens (tertiary/aromatic N) is 3. The van der Waals surface area contributed by atoms with Crippen molar-refractivity contribution in [3.8, 4) is 5.75 Å². The van der Waals surface area contributed by atoms with E-state index in [2.05, 4.69) is 15.6 Å². The van der Waals surface area contributed by atoms with Crippen LogP contribution >= 0.6 is 0 Å². The second-order valence-corrected chi connectivity index (χ2v) is 7.83. The Balaban J connectivity index is 1.67. The first-order chi connectivity index (χ1) is 16.4. The van der Waals surface area contributed by atoms with Crippen LogP contribution in [0.3, 0.4) is 0 Å². The third-order valence-electron chi connectivity index (χ3n) is 5.45. The fraction of sp³-hybridized carbons (Fsp3) is 0.160. The number of rotatable bonds is 8. The number of amides is 1. The Labute approximate surface area is 194 Å². The monoisotopic (exact) mass is 458 g/mol. The fourth-order valence-electron chi connectivity index (χ4n) is 3.67. The Bertz CT molecular complexity index is 1370. The number of aliphatic carboxylic acids is 1. The number of carboxylic acids is 1. The lowest BCUT2D eigenvalue weighted by Crippen LogP contribution is -2.47. The average Bonchev–Trinajstić information content (AvgIpc) is 2.84. The van der Waals surface area contributed by atoms with Crippen molar-refractivity contribution in [3.05, 3.63) is 100 Å². The average molecular weight is 458 g/mol. The van der Waals surface area contributed by atoms with Crippen molar-refractivity contribution >= 4 is 22.8 Å². The quantitative estimate of drug-likeness (QED) is 0.368. The van der Waals surface area contributed by atoms with Gasteiger partial charge in [0.15, 0.2) is 0 Å². The van der Waals surface area contributed by atoms with Crippen molar-refractivity contribution in [1.82, 2.24) is 20.3 Å². The van der Waals surface area contributed by atoms with E-state index < -0.39 is 29.5 Å². The van der Waals surface area contributed by atoms with Crippen LogP contribution in [0.2, 0.25) is 0 Å². The molecule has 4 rings (SSSR count). The largest absolute Gasteiger partial charge is 0.508 e. The number of hydrogen-bond acceptors (Lipinski definition) is 6. The number of carboxylic acid groups (broad SMARTS) is 1. The highest BCUT2D eigenvalue weighted by Gasteiger charge is 2.29. The van der Waals surface area contributed by atoms with Gasteiger partial charge in [0, 0.05) is 12.8 Å². The molecule has 1 amide bonds. The molecule has 0 radical (unpaired) electrons. The number of aromatic nitrogens is 3. The minimum Gasteiger partial charge on any atom is -0.508 e. The highest BCUT2D eigenvalue weighted by atomic mass is 16.4. The molecular formula is C25H22N4O5. The minimum atomic E-state index is -1.25. The molecule has 0 saturated heterocycles. The van der Waals surface area contributed by atoms with Crippen LogP contribution < -0.4 is 10.9 Å². The molecule has 1 heterocycles. The third kappa shape index (κ3) is 5.09. The SMILES string of the molecule is O=C(O)[C@H](Cc1ccc(O)cc1)NC(=O)[C@H](Cc1ccccc1)n1nnc2ccccc2c1=O. The molecular weight excluding hydrogens is 436 g/mol. The summed E-state index contributed by atoms with van der Waals surface area (Å²) in [6.07, 6.45) is 0.114. The van der Waals surface area contributed by atoms with Gasteiger partial charge in [0.05, 0.1) is 5.39 Å². The van der Waals surface area contributed by atoms with Crippen LogP contribution in [0.25, 0.3) is 10.9 Å². The smallest absolute Gasteiger partial charge is 0.326 e. The zero-order valence-electron chi connectivity index (χ0n) is 18.0. The summed E-state index contributed by atoms with van der Waals surface area (Å²) in [5, 5.41) is 30.1. The molecule has 3 N–H and O–H groups in total. The number of benzene rings is 3. The molecule has 172 valence electrons. The lowest BCUT2D eigenvalue weighted by atomic mass is 10.0. The fourth-order valence-corrected chi connectivity index (χ4v) is 3.67. The number of phenolic OH excluding ortho intramolecular Hbond substituents is 1.